The van der Waals surface area contributed by atoms with Crippen LogP contribution in [0.5, 0.6) is 0 Å². The summed E-state index contributed by atoms with van der Waals surface area (Å²) in [7, 11) is 1.84. The first-order chi connectivity index (χ1) is 12.6. The standard InChI is InChI=1S/C22H33N3O/c1-7-10-20(18(5)8-2)22(25-23-6)24-15-16-26-21(9-3)19-13-11-17(4)12-14-19/h8-14,23H,7,15-16H2,1-6H3,(H,24,25)/b18-8-,20-10+,21-9-. The first-order valence-electron chi connectivity index (χ1n) is 9.24. The van der Waals surface area contributed by atoms with Crippen LogP contribution in [0.3, 0.4) is 0 Å². The molecule has 4 nitrogen and oxygen atoms in total. The zero-order valence-corrected chi connectivity index (χ0v) is 17.0. The first kappa shape index (κ1) is 21.7. The predicted octanol–water partition coefficient (Wildman–Crippen LogP) is 4.80. The Bertz CT molecular complexity index is 667. The summed E-state index contributed by atoms with van der Waals surface area (Å²) in [5.41, 5.74) is 10.8. The Kier molecular flexibility index (Phi) is 10.1. The molecule has 2 N–H and O–H groups in total. The molecule has 1 rings (SSSR count). The number of hydrogen-bond donors (Lipinski definition) is 2. The molecule has 0 saturated carbocycles. The number of aliphatic imine (C=N–C) groups is 1. The number of aryl methyl sites for hydroxylation is 1. The van der Waals surface area contributed by atoms with Crippen molar-refractivity contribution in [2.45, 2.75) is 41.0 Å². The van der Waals surface area contributed by atoms with Crippen molar-refractivity contribution in [1.82, 2.24) is 10.9 Å². The van der Waals surface area contributed by atoms with Crippen LogP contribution >= 0.6 is 0 Å². The summed E-state index contributed by atoms with van der Waals surface area (Å²) in [6.45, 7) is 11.4. The first-order valence-corrected chi connectivity index (χ1v) is 9.24. The molecule has 0 amide bonds. The highest BCUT2D eigenvalue weighted by Crippen LogP contribution is 2.16. The number of ether oxygens (including phenoxy) is 1. The normalized spacial score (nSPS) is 13.8. The number of benzene rings is 1. The number of hydrogen-bond acceptors (Lipinski definition) is 3. The molecule has 0 aliphatic carbocycles. The minimum Gasteiger partial charge on any atom is -0.491 e. The van der Waals surface area contributed by atoms with E-state index in [1.165, 1.54) is 11.1 Å². The topological polar surface area (TPSA) is 45.6 Å². The molecule has 0 unspecified atom stereocenters. The van der Waals surface area contributed by atoms with Crippen molar-refractivity contribution < 1.29 is 4.74 Å². The van der Waals surface area contributed by atoms with Gasteiger partial charge in [-0.3, -0.25) is 4.99 Å². The van der Waals surface area contributed by atoms with Gasteiger partial charge in [0, 0.05) is 18.2 Å². The molecule has 0 spiro atoms. The van der Waals surface area contributed by atoms with Crippen LogP contribution in [-0.4, -0.2) is 26.0 Å². The van der Waals surface area contributed by atoms with Crippen molar-refractivity contribution in [3.63, 3.8) is 0 Å². The number of allylic oxidation sites excluding steroid dienone is 3. The zero-order chi connectivity index (χ0) is 19.4. The minimum atomic E-state index is 0.525. The van der Waals surface area contributed by atoms with Crippen LogP contribution in [0.4, 0.5) is 0 Å². The Hall–Kier alpha value is -2.33. The molecule has 142 valence electrons. The van der Waals surface area contributed by atoms with E-state index in [1.54, 1.807) is 0 Å². The Morgan fingerprint density at radius 1 is 1.15 bits per heavy atom. The third-order valence-electron chi connectivity index (χ3n) is 3.98. The fourth-order valence-corrected chi connectivity index (χ4v) is 2.48. The predicted molar refractivity (Wildman–Crippen MR) is 113 cm³/mol. The van der Waals surface area contributed by atoms with Gasteiger partial charge in [0.15, 0.2) is 0 Å². The Balaban J connectivity index is 2.78. The molecule has 26 heavy (non-hydrogen) atoms. The smallest absolute Gasteiger partial charge is 0.142 e. The SMILES string of the molecule is C/C=C(C)\C(=C/CC)C(=NCCO/C(=C\C)c1ccc(C)cc1)NNC. The van der Waals surface area contributed by atoms with Crippen molar-refractivity contribution in [2.75, 3.05) is 20.2 Å². The van der Waals surface area contributed by atoms with E-state index in [9.17, 15) is 0 Å². The maximum absolute atomic E-state index is 5.94. The minimum absolute atomic E-state index is 0.525. The molecule has 4 heteroatoms. The second kappa shape index (κ2) is 12.1. The van der Waals surface area contributed by atoms with Crippen LogP contribution in [0.2, 0.25) is 0 Å². The third-order valence-corrected chi connectivity index (χ3v) is 3.98. The summed E-state index contributed by atoms with van der Waals surface area (Å²) in [6.07, 6.45) is 7.23. The Morgan fingerprint density at radius 2 is 1.85 bits per heavy atom. The molecule has 0 saturated heterocycles. The highest BCUT2D eigenvalue weighted by molar-refractivity contribution is 6.01. The monoisotopic (exact) mass is 355 g/mol. The molecule has 0 heterocycles. The largest absolute Gasteiger partial charge is 0.491 e. The summed E-state index contributed by atoms with van der Waals surface area (Å²) < 4.78 is 5.94. The molecule has 0 radical (unpaired) electrons. The van der Waals surface area contributed by atoms with Gasteiger partial charge >= 0.3 is 0 Å². The number of rotatable bonds is 9. The van der Waals surface area contributed by atoms with Crippen LogP contribution in [-0.2, 0) is 4.74 Å². The van der Waals surface area contributed by atoms with E-state index in [0.29, 0.717) is 13.2 Å². The Labute approximate surface area is 158 Å². The van der Waals surface area contributed by atoms with E-state index in [4.69, 9.17) is 9.73 Å². The second-order valence-electron chi connectivity index (χ2n) is 5.97. The molecule has 0 aromatic heterocycles. The van der Waals surface area contributed by atoms with Gasteiger partial charge in [-0.25, -0.2) is 5.43 Å². The van der Waals surface area contributed by atoms with Crippen molar-refractivity contribution in [2.24, 2.45) is 4.99 Å². The van der Waals surface area contributed by atoms with Crippen molar-refractivity contribution >= 4 is 11.6 Å². The molecule has 0 atom stereocenters. The number of amidine groups is 1. The fourth-order valence-electron chi connectivity index (χ4n) is 2.48. The zero-order valence-electron chi connectivity index (χ0n) is 17.0. The molecule has 1 aromatic carbocycles. The molecule has 0 aliphatic heterocycles. The lowest BCUT2D eigenvalue weighted by atomic mass is 10.1. The van der Waals surface area contributed by atoms with Crippen LogP contribution < -0.4 is 10.9 Å². The Morgan fingerprint density at radius 3 is 2.38 bits per heavy atom. The molecular formula is C22H33N3O. The van der Waals surface area contributed by atoms with Gasteiger partial charge in [0.25, 0.3) is 0 Å². The van der Waals surface area contributed by atoms with Gasteiger partial charge in [0.2, 0.25) is 0 Å². The molecule has 0 bridgehead atoms. The van der Waals surface area contributed by atoms with E-state index in [0.717, 1.165) is 29.2 Å². The molecule has 0 aliphatic rings. The summed E-state index contributed by atoms with van der Waals surface area (Å²) >= 11 is 0. The highest BCUT2D eigenvalue weighted by Gasteiger charge is 2.08. The fraction of sp³-hybridized carbons (Fsp3) is 0.409. The van der Waals surface area contributed by atoms with Crippen molar-refractivity contribution in [1.29, 1.82) is 0 Å². The molecular weight excluding hydrogens is 322 g/mol. The number of nitrogens with one attached hydrogen (secondary N) is 2. The lowest BCUT2D eigenvalue weighted by Gasteiger charge is -2.14. The van der Waals surface area contributed by atoms with Crippen LogP contribution in [0.1, 0.15) is 45.2 Å². The van der Waals surface area contributed by atoms with Gasteiger partial charge in [-0.05, 0) is 45.8 Å². The summed E-state index contributed by atoms with van der Waals surface area (Å²) in [5.74, 6) is 1.73. The van der Waals surface area contributed by atoms with Crippen molar-refractivity contribution in [3.8, 4) is 0 Å². The summed E-state index contributed by atoms with van der Waals surface area (Å²) in [6, 6.07) is 8.35. The van der Waals surface area contributed by atoms with E-state index >= 15 is 0 Å². The van der Waals surface area contributed by atoms with Gasteiger partial charge in [-0.15, -0.1) is 0 Å². The maximum atomic E-state index is 5.94. The van der Waals surface area contributed by atoms with Gasteiger partial charge in [-0.2, -0.15) is 0 Å². The van der Waals surface area contributed by atoms with Crippen molar-refractivity contribution in [3.05, 3.63) is 64.8 Å². The average molecular weight is 356 g/mol. The highest BCUT2D eigenvalue weighted by atomic mass is 16.5. The lowest BCUT2D eigenvalue weighted by Crippen LogP contribution is -2.36. The number of nitrogens with zero attached hydrogens (tertiary/aromatic N) is 1. The van der Waals surface area contributed by atoms with Gasteiger partial charge in [0.1, 0.15) is 18.2 Å². The van der Waals surface area contributed by atoms with E-state index in [1.807, 2.05) is 27.0 Å². The summed E-state index contributed by atoms with van der Waals surface area (Å²) in [5, 5.41) is 0. The lowest BCUT2D eigenvalue weighted by molar-refractivity contribution is 0.287. The van der Waals surface area contributed by atoms with Crippen LogP contribution in [0, 0.1) is 6.92 Å². The second-order valence-corrected chi connectivity index (χ2v) is 5.97. The molecule has 0 fully saturated rings. The van der Waals surface area contributed by atoms with E-state index in [-0.39, 0.29) is 0 Å². The van der Waals surface area contributed by atoms with Crippen LogP contribution in [0.15, 0.2) is 58.6 Å². The van der Waals surface area contributed by atoms with Gasteiger partial charge in [0.05, 0.1) is 6.54 Å². The van der Waals surface area contributed by atoms with Gasteiger partial charge < -0.3 is 10.2 Å². The van der Waals surface area contributed by atoms with Gasteiger partial charge in [-0.1, -0.05) is 48.9 Å². The van der Waals surface area contributed by atoms with E-state index < -0.39 is 0 Å². The molecule has 1 aromatic rings. The van der Waals surface area contributed by atoms with Crippen LogP contribution in [0.25, 0.3) is 5.76 Å². The maximum Gasteiger partial charge on any atom is 0.142 e. The quantitative estimate of drug-likeness (QED) is 0.167. The summed E-state index contributed by atoms with van der Waals surface area (Å²) in [4.78, 5) is 4.70. The number of hydrazine groups is 1. The third kappa shape index (κ3) is 6.89. The average Bonchev–Trinajstić information content (AvgIpc) is 2.66. The van der Waals surface area contributed by atoms with E-state index in [2.05, 4.69) is 68.0 Å².